The van der Waals surface area contributed by atoms with Crippen LogP contribution in [0.2, 0.25) is 0 Å². The lowest BCUT2D eigenvalue weighted by Crippen LogP contribution is -2.36. The standard InChI is InChI=1S/C22H24N4O5S2/c1-15(27)23-13-16-9-10-19(31-16)18-14-32-22(24-18)25-21(28)17-7-3-4-8-20(17)33(29,30)26-11-5-2-6-12-26/h3-4,7-10,14H,2,5-6,11-13H2,1H3,(H,23,27)(H,24,25,28). The van der Waals surface area contributed by atoms with Gasteiger partial charge in [0, 0.05) is 25.4 Å². The number of amides is 2. The average Bonchev–Trinajstić information content (AvgIpc) is 3.48. The summed E-state index contributed by atoms with van der Waals surface area (Å²) in [6.45, 7) is 2.61. The number of carbonyl (C=O) groups excluding carboxylic acids is 2. The largest absolute Gasteiger partial charge is 0.458 e. The molecular weight excluding hydrogens is 464 g/mol. The highest BCUT2D eigenvalue weighted by Crippen LogP contribution is 2.28. The minimum Gasteiger partial charge on any atom is -0.458 e. The van der Waals surface area contributed by atoms with Crippen molar-refractivity contribution in [3.8, 4) is 11.5 Å². The number of thiazole rings is 1. The molecule has 9 nitrogen and oxygen atoms in total. The van der Waals surface area contributed by atoms with E-state index >= 15 is 0 Å². The van der Waals surface area contributed by atoms with Crippen molar-refractivity contribution in [3.05, 3.63) is 53.1 Å². The molecule has 2 N–H and O–H groups in total. The fourth-order valence-electron chi connectivity index (χ4n) is 3.55. The first-order valence-electron chi connectivity index (χ1n) is 10.5. The van der Waals surface area contributed by atoms with Gasteiger partial charge in [0.15, 0.2) is 10.9 Å². The van der Waals surface area contributed by atoms with Crippen LogP contribution >= 0.6 is 11.3 Å². The Labute approximate surface area is 195 Å². The molecule has 0 unspecified atom stereocenters. The van der Waals surface area contributed by atoms with E-state index in [4.69, 9.17) is 4.42 Å². The molecule has 1 saturated heterocycles. The van der Waals surface area contributed by atoms with Crippen molar-refractivity contribution in [1.29, 1.82) is 0 Å². The Hall–Kier alpha value is -3.02. The topological polar surface area (TPSA) is 122 Å². The number of furan rings is 1. The highest BCUT2D eigenvalue weighted by atomic mass is 32.2. The van der Waals surface area contributed by atoms with Gasteiger partial charge < -0.3 is 9.73 Å². The number of sulfonamides is 1. The van der Waals surface area contributed by atoms with Crippen LogP contribution in [-0.4, -0.2) is 42.6 Å². The molecule has 2 amide bonds. The molecule has 11 heteroatoms. The van der Waals surface area contributed by atoms with Crippen LogP contribution in [0.1, 0.15) is 42.3 Å². The second kappa shape index (κ2) is 9.86. The first-order chi connectivity index (χ1) is 15.8. The van der Waals surface area contributed by atoms with Gasteiger partial charge in [-0.25, -0.2) is 13.4 Å². The molecule has 0 bridgehead atoms. The van der Waals surface area contributed by atoms with Crippen LogP contribution in [0.5, 0.6) is 0 Å². The van der Waals surface area contributed by atoms with Crippen molar-refractivity contribution in [2.45, 2.75) is 37.6 Å². The molecule has 0 aliphatic carbocycles. The Morgan fingerprint density at radius 3 is 2.64 bits per heavy atom. The second-order valence-electron chi connectivity index (χ2n) is 7.63. The molecule has 0 atom stereocenters. The molecule has 174 valence electrons. The number of anilines is 1. The van der Waals surface area contributed by atoms with Crippen molar-refractivity contribution in [1.82, 2.24) is 14.6 Å². The fraction of sp³-hybridized carbons (Fsp3) is 0.318. The number of aromatic nitrogens is 1. The summed E-state index contributed by atoms with van der Waals surface area (Å²) in [6, 6.07) is 9.69. The molecular formula is C22H24N4O5S2. The van der Waals surface area contributed by atoms with E-state index in [0.717, 1.165) is 19.3 Å². The SMILES string of the molecule is CC(=O)NCc1ccc(-c2csc(NC(=O)c3ccccc3S(=O)(=O)N3CCCCC3)n2)o1. The molecule has 1 fully saturated rings. The van der Waals surface area contributed by atoms with E-state index in [9.17, 15) is 18.0 Å². The van der Waals surface area contributed by atoms with Gasteiger partial charge in [0.1, 0.15) is 11.5 Å². The van der Waals surface area contributed by atoms with E-state index < -0.39 is 15.9 Å². The van der Waals surface area contributed by atoms with Crippen LogP contribution in [-0.2, 0) is 21.4 Å². The average molecular weight is 489 g/mol. The van der Waals surface area contributed by atoms with Gasteiger partial charge in [-0.2, -0.15) is 4.31 Å². The number of hydrogen-bond acceptors (Lipinski definition) is 7. The van der Waals surface area contributed by atoms with Crippen LogP contribution in [0.4, 0.5) is 5.13 Å². The third kappa shape index (κ3) is 5.32. The minimum atomic E-state index is -3.77. The first-order valence-corrected chi connectivity index (χ1v) is 12.9. The Morgan fingerprint density at radius 2 is 1.88 bits per heavy atom. The highest BCUT2D eigenvalue weighted by molar-refractivity contribution is 7.89. The quantitative estimate of drug-likeness (QED) is 0.525. The maximum Gasteiger partial charge on any atom is 0.258 e. The van der Waals surface area contributed by atoms with Crippen LogP contribution in [0.25, 0.3) is 11.5 Å². The Kier molecular flexibility index (Phi) is 6.91. The normalized spacial score (nSPS) is 14.7. The van der Waals surface area contributed by atoms with E-state index in [-0.39, 0.29) is 22.9 Å². The van der Waals surface area contributed by atoms with Crippen molar-refractivity contribution < 1.29 is 22.4 Å². The molecule has 3 aromatic rings. The number of rotatable bonds is 7. The number of benzene rings is 1. The zero-order chi connectivity index (χ0) is 23.4. The number of carbonyl (C=O) groups is 2. The smallest absolute Gasteiger partial charge is 0.258 e. The molecule has 4 rings (SSSR count). The third-order valence-electron chi connectivity index (χ3n) is 5.21. The Balaban J connectivity index is 1.50. The van der Waals surface area contributed by atoms with Crippen LogP contribution < -0.4 is 10.6 Å². The maximum absolute atomic E-state index is 13.1. The summed E-state index contributed by atoms with van der Waals surface area (Å²) in [5.74, 6) is 0.378. The van der Waals surface area contributed by atoms with Gasteiger partial charge in [-0.1, -0.05) is 18.6 Å². The third-order valence-corrected chi connectivity index (χ3v) is 7.93. The van der Waals surface area contributed by atoms with E-state index in [2.05, 4.69) is 15.6 Å². The van der Waals surface area contributed by atoms with Crippen LogP contribution in [0, 0.1) is 0 Å². The lowest BCUT2D eigenvalue weighted by molar-refractivity contribution is -0.119. The van der Waals surface area contributed by atoms with E-state index in [1.807, 2.05) is 0 Å². The first kappa shape index (κ1) is 23.1. The zero-order valence-electron chi connectivity index (χ0n) is 18.0. The van der Waals surface area contributed by atoms with Crippen molar-refractivity contribution >= 4 is 38.3 Å². The van der Waals surface area contributed by atoms with Gasteiger partial charge in [-0.3, -0.25) is 14.9 Å². The summed E-state index contributed by atoms with van der Waals surface area (Å²) < 4.78 is 33.4. The van der Waals surface area contributed by atoms with Gasteiger partial charge in [0.05, 0.1) is 17.0 Å². The fourth-order valence-corrected chi connectivity index (χ4v) is 5.96. The Morgan fingerprint density at radius 1 is 1.12 bits per heavy atom. The van der Waals surface area contributed by atoms with E-state index in [0.29, 0.717) is 35.4 Å². The second-order valence-corrected chi connectivity index (χ2v) is 10.4. The molecule has 0 radical (unpaired) electrons. The predicted molar refractivity (Wildman–Crippen MR) is 124 cm³/mol. The molecule has 1 aliphatic heterocycles. The summed E-state index contributed by atoms with van der Waals surface area (Å²) in [5, 5.41) is 7.40. The van der Waals surface area contributed by atoms with Gasteiger partial charge in [-0.05, 0) is 37.1 Å². The molecule has 1 aromatic carbocycles. The number of piperidine rings is 1. The van der Waals surface area contributed by atoms with E-state index in [1.54, 1.807) is 29.6 Å². The monoisotopic (exact) mass is 488 g/mol. The van der Waals surface area contributed by atoms with Crippen molar-refractivity contribution in [2.24, 2.45) is 0 Å². The zero-order valence-corrected chi connectivity index (χ0v) is 19.7. The minimum absolute atomic E-state index is 0.00479. The van der Waals surface area contributed by atoms with Crippen molar-refractivity contribution in [3.63, 3.8) is 0 Å². The summed E-state index contributed by atoms with van der Waals surface area (Å²) in [6.07, 6.45) is 2.63. The highest BCUT2D eigenvalue weighted by Gasteiger charge is 2.30. The maximum atomic E-state index is 13.1. The van der Waals surface area contributed by atoms with Crippen molar-refractivity contribution in [2.75, 3.05) is 18.4 Å². The molecule has 3 heterocycles. The summed E-state index contributed by atoms with van der Waals surface area (Å²) in [5.41, 5.74) is 0.606. The van der Waals surface area contributed by atoms with Gasteiger partial charge in [0.25, 0.3) is 5.91 Å². The van der Waals surface area contributed by atoms with Gasteiger partial charge in [0.2, 0.25) is 15.9 Å². The number of nitrogens with one attached hydrogen (secondary N) is 2. The lowest BCUT2D eigenvalue weighted by atomic mass is 10.2. The molecule has 2 aromatic heterocycles. The van der Waals surface area contributed by atoms with Crippen LogP contribution in [0.15, 0.2) is 51.1 Å². The molecule has 33 heavy (non-hydrogen) atoms. The number of hydrogen-bond donors (Lipinski definition) is 2. The molecule has 0 spiro atoms. The molecule has 0 saturated carbocycles. The van der Waals surface area contributed by atoms with Crippen LogP contribution in [0.3, 0.4) is 0 Å². The number of nitrogens with zero attached hydrogens (tertiary/aromatic N) is 2. The summed E-state index contributed by atoms with van der Waals surface area (Å²) >= 11 is 1.20. The van der Waals surface area contributed by atoms with Gasteiger partial charge in [-0.15, -0.1) is 11.3 Å². The summed E-state index contributed by atoms with van der Waals surface area (Å²) in [7, 11) is -3.77. The lowest BCUT2D eigenvalue weighted by Gasteiger charge is -2.26. The Bertz CT molecular complexity index is 1260. The van der Waals surface area contributed by atoms with E-state index in [1.165, 1.54) is 34.7 Å². The predicted octanol–water partition coefficient (Wildman–Crippen LogP) is 3.47. The summed E-state index contributed by atoms with van der Waals surface area (Å²) in [4.78, 5) is 28.4. The van der Waals surface area contributed by atoms with Gasteiger partial charge >= 0.3 is 0 Å². The molecule has 1 aliphatic rings.